The van der Waals surface area contributed by atoms with Gasteiger partial charge in [0.25, 0.3) is 0 Å². The predicted octanol–water partition coefficient (Wildman–Crippen LogP) is 5.24. The summed E-state index contributed by atoms with van der Waals surface area (Å²) in [6.45, 7) is 9.33. The SMILES string of the molecule is C/C=C/c1cc(OCC(CC)CCC)c(C)cc1OC. The van der Waals surface area contributed by atoms with E-state index in [1.165, 1.54) is 19.3 Å². The van der Waals surface area contributed by atoms with E-state index >= 15 is 0 Å². The Morgan fingerprint density at radius 2 is 1.95 bits per heavy atom. The maximum atomic E-state index is 6.04. The molecule has 0 bridgehead atoms. The highest BCUT2D eigenvalue weighted by molar-refractivity contribution is 5.61. The molecule has 0 N–H and O–H groups in total. The Balaban J connectivity index is 2.86. The third-order valence-corrected chi connectivity index (χ3v) is 3.62. The second-order valence-electron chi connectivity index (χ2n) is 5.23. The minimum atomic E-state index is 0.645. The summed E-state index contributed by atoms with van der Waals surface area (Å²) in [5, 5.41) is 0. The zero-order valence-corrected chi connectivity index (χ0v) is 13.5. The molecule has 0 aliphatic carbocycles. The Labute approximate surface area is 123 Å². The average Bonchev–Trinajstić information content (AvgIpc) is 2.45. The zero-order valence-electron chi connectivity index (χ0n) is 13.5. The smallest absolute Gasteiger partial charge is 0.126 e. The largest absolute Gasteiger partial charge is 0.496 e. The molecule has 1 unspecified atom stereocenters. The van der Waals surface area contributed by atoms with Crippen molar-refractivity contribution in [2.75, 3.05) is 13.7 Å². The molecule has 1 rings (SSSR count). The van der Waals surface area contributed by atoms with Gasteiger partial charge in [0, 0.05) is 5.56 Å². The molecule has 20 heavy (non-hydrogen) atoms. The van der Waals surface area contributed by atoms with Crippen LogP contribution >= 0.6 is 0 Å². The van der Waals surface area contributed by atoms with Gasteiger partial charge in [-0.3, -0.25) is 0 Å². The number of ether oxygens (including phenoxy) is 2. The second kappa shape index (κ2) is 8.68. The molecule has 0 aromatic heterocycles. The summed E-state index contributed by atoms with van der Waals surface area (Å²) >= 11 is 0. The molecule has 0 spiro atoms. The Bertz CT molecular complexity index is 435. The molecular formula is C18H28O2. The number of methoxy groups -OCH3 is 1. The van der Waals surface area contributed by atoms with Gasteiger partial charge in [-0.05, 0) is 43.9 Å². The van der Waals surface area contributed by atoms with E-state index in [1.54, 1.807) is 7.11 Å². The van der Waals surface area contributed by atoms with E-state index in [-0.39, 0.29) is 0 Å². The number of hydrogen-bond acceptors (Lipinski definition) is 2. The van der Waals surface area contributed by atoms with E-state index in [2.05, 4.69) is 32.9 Å². The number of benzene rings is 1. The lowest BCUT2D eigenvalue weighted by Gasteiger charge is -2.17. The second-order valence-corrected chi connectivity index (χ2v) is 5.23. The standard InChI is InChI=1S/C18H28O2/c1-6-9-15(8-3)13-20-17-12-16(10-7-2)18(19-5)11-14(17)4/h7,10-12,15H,6,8-9,13H2,1-5H3/b10-7+. The molecule has 1 atom stereocenters. The van der Waals surface area contributed by atoms with Crippen LogP contribution in [0.2, 0.25) is 0 Å². The molecule has 2 heteroatoms. The van der Waals surface area contributed by atoms with E-state index in [0.717, 1.165) is 29.2 Å². The van der Waals surface area contributed by atoms with Gasteiger partial charge < -0.3 is 9.47 Å². The highest BCUT2D eigenvalue weighted by Gasteiger charge is 2.10. The monoisotopic (exact) mass is 276 g/mol. The van der Waals surface area contributed by atoms with Gasteiger partial charge in [0.2, 0.25) is 0 Å². The van der Waals surface area contributed by atoms with Crippen LogP contribution in [0.4, 0.5) is 0 Å². The van der Waals surface area contributed by atoms with E-state index in [0.29, 0.717) is 5.92 Å². The van der Waals surface area contributed by atoms with Crippen LogP contribution in [-0.2, 0) is 0 Å². The number of allylic oxidation sites excluding steroid dienone is 1. The summed E-state index contributed by atoms with van der Waals surface area (Å²) in [7, 11) is 1.71. The van der Waals surface area contributed by atoms with Gasteiger partial charge in [-0.15, -0.1) is 0 Å². The number of rotatable bonds is 8. The molecule has 1 aromatic rings. The minimum absolute atomic E-state index is 0.645. The summed E-state index contributed by atoms with van der Waals surface area (Å²) in [6.07, 6.45) is 7.68. The summed E-state index contributed by atoms with van der Waals surface area (Å²) in [5.41, 5.74) is 2.19. The number of aryl methyl sites for hydroxylation is 1. The highest BCUT2D eigenvalue weighted by Crippen LogP contribution is 2.30. The molecule has 0 radical (unpaired) electrons. The molecule has 0 aliphatic rings. The van der Waals surface area contributed by atoms with Crippen molar-refractivity contribution < 1.29 is 9.47 Å². The summed E-state index contributed by atoms with van der Waals surface area (Å²) in [4.78, 5) is 0. The first-order valence-electron chi connectivity index (χ1n) is 7.60. The van der Waals surface area contributed by atoms with Crippen LogP contribution in [0.15, 0.2) is 18.2 Å². The lowest BCUT2D eigenvalue weighted by Crippen LogP contribution is -2.11. The van der Waals surface area contributed by atoms with E-state index in [1.807, 2.05) is 19.1 Å². The van der Waals surface area contributed by atoms with Crippen molar-refractivity contribution in [2.45, 2.75) is 47.0 Å². The van der Waals surface area contributed by atoms with Crippen LogP contribution in [-0.4, -0.2) is 13.7 Å². The van der Waals surface area contributed by atoms with Crippen LogP contribution in [0.3, 0.4) is 0 Å². The van der Waals surface area contributed by atoms with Crippen molar-refractivity contribution in [1.29, 1.82) is 0 Å². The van der Waals surface area contributed by atoms with Crippen LogP contribution in [0.25, 0.3) is 6.08 Å². The van der Waals surface area contributed by atoms with Gasteiger partial charge in [0.05, 0.1) is 13.7 Å². The molecule has 112 valence electrons. The maximum absolute atomic E-state index is 6.04. The lowest BCUT2D eigenvalue weighted by atomic mass is 10.0. The van der Waals surface area contributed by atoms with Crippen molar-refractivity contribution in [3.8, 4) is 11.5 Å². The fourth-order valence-corrected chi connectivity index (χ4v) is 2.34. The van der Waals surface area contributed by atoms with Gasteiger partial charge in [-0.1, -0.05) is 38.8 Å². The first-order valence-corrected chi connectivity index (χ1v) is 7.60. The first-order chi connectivity index (χ1) is 9.65. The zero-order chi connectivity index (χ0) is 15.0. The van der Waals surface area contributed by atoms with Crippen molar-refractivity contribution in [1.82, 2.24) is 0 Å². The topological polar surface area (TPSA) is 18.5 Å². The van der Waals surface area contributed by atoms with E-state index in [9.17, 15) is 0 Å². The molecule has 0 saturated carbocycles. The molecule has 0 fully saturated rings. The van der Waals surface area contributed by atoms with Gasteiger partial charge in [-0.25, -0.2) is 0 Å². The molecule has 2 nitrogen and oxygen atoms in total. The first kappa shape index (κ1) is 16.6. The fraction of sp³-hybridized carbons (Fsp3) is 0.556. The Morgan fingerprint density at radius 1 is 1.20 bits per heavy atom. The Hall–Kier alpha value is -1.44. The third kappa shape index (κ3) is 4.59. The quantitative estimate of drug-likeness (QED) is 0.646. The predicted molar refractivity (Wildman–Crippen MR) is 86.6 cm³/mol. The van der Waals surface area contributed by atoms with Gasteiger partial charge in [-0.2, -0.15) is 0 Å². The number of hydrogen-bond donors (Lipinski definition) is 0. The van der Waals surface area contributed by atoms with E-state index in [4.69, 9.17) is 9.47 Å². The average molecular weight is 276 g/mol. The molecule has 0 amide bonds. The molecule has 0 saturated heterocycles. The molecule has 0 aliphatic heterocycles. The van der Waals surface area contributed by atoms with Crippen molar-refractivity contribution >= 4 is 6.08 Å². The normalized spacial score (nSPS) is 12.7. The summed E-state index contributed by atoms with van der Waals surface area (Å²) in [5.74, 6) is 2.51. The van der Waals surface area contributed by atoms with Crippen LogP contribution in [0.1, 0.15) is 51.2 Å². The summed E-state index contributed by atoms with van der Waals surface area (Å²) < 4.78 is 11.5. The minimum Gasteiger partial charge on any atom is -0.496 e. The van der Waals surface area contributed by atoms with Gasteiger partial charge in [0.1, 0.15) is 11.5 Å². The Kier molecular flexibility index (Phi) is 7.21. The van der Waals surface area contributed by atoms with Crippen molar-refractivity contribution in [2.24, 2.45) is 5.92 Å². The Morgan fingerprint density at radius 3 is 2.50 bits per heavy atom. The maximum Gasteiger partial charge on any atom is 0.126 e. The highest BCUT2D eigenvalue weighted by atomic mass is 16.5. The van der Waals surface area contributed by atoms with Gasteiger partial charge >= 0.3 is 0 Å². The molecule has 1 aromatic carbocycles. The summed E-state index contributed by atoms with van der Waals surface area (Å²) in [6, 6.07) is 4.12. The van der Waals surface area contributed by atoms with Gasteiger partial charge in [0.15, 0.2) is 0 Å². The van der Waals surface area contributed by atoms with Crippen LogP contribution in [0.5, 0.6) is 11.5 Å². The van der Waals surface area contributed by atoms with Crippen LogP contribution in [0, 0.1) is 12.8 Å². The third-order valence-electron chi connectivity index (χ3n) is 3.62. The fourth-order valence-electron chi connectivity index (χ4n) is 2.34. The van der Waals surface area contributed by atoms with E-state index < -0.39 is 0 Å². The van der Waals surface area contributed by atoms with Crippen molar-refractivity contribution in [3.05, 3.63) is 29.3 Å². The molecular weight excluding hydrogens is 248 g/mol. The van der Waals surface area contributed by atoms with Crippen molar-refractivity contribution in [3.63, 3.8) is 0 Å². The van der Waals surface area contributed by atoms with Crippen LogP contribution < -0.4 is 9.47 Å². The molecule has 0 heterocycles. The lowest BCUT2D eigenvalue weighted by molar-refractivity contribution is 0.233.